The number of allylic oxidation sites excluding steroid dienone is 1. The Morgan fingerprint density at radius 1 is 1.75 bits per heavy atom. The van der Waals surface area contributed by atoms with Gasteiger partial charge in [0.1, 0.15) is 5.71 Å². The van der Waals surface area contributed by atoms with Crippen molar-refractivity contribution in [3.8, 4) is 0 Å². The van der Waals surface area contributed by atoms with Crippen LogP contribution in [0.25, 0.3) is 0 Å². The summed E-state index contributed by atoms with van der Waals surface area (Å²) >= 11 is 1.49. The zero-order valence-corrected chi connectivity index (χ0v) is 7.89. The molecular formula is C8H11NO2S. The molecule has 0 fully saturated rings. The van der Waals surface area contributed by atoms with Gasteiger partial charge in [-0.2, -0.15) is 0 Å². The standard InChI is InChI=1S/C8H11NO2S/c1-5(2)6-3-12-4-7(9-6)8(10)11/h3,5H,4H2,1-2H3,(H,10,11). The van der Waals surface area contributed by atoms with E-state index < -0.39 is 5.97 Å². The lowest BCUT2D eigenvalue weighted by molar-refractivity contribution is -0.129. The number of carbonyl (C=O) groups is 1. The third-order valence-electron chi connectivity index (χ3n) is 1.53. The molecule has 0 radical (unpaired) electrons. The van der Waals surface area contributed by atoms with E-state index in [1.165, 1.54) is 11.8 Å². The summed E-state index contributed by atoms with van der Waals surface area (Å²) in [6, 6.07) is 0. The van der Waals surface area contributed by atoms with Crippen molar-refractivity contribution in [2.45, 2.75) is 13.8 Å². The number of nitrogens with zero attached hydrogens (tertiary/aromatic N) is 1. The van der Waals surface area contributed by atoms with Crippen LogP contribution in [0.5, 0.6) is 0 Å². The molecule has 0 atom stereocenters. The highest BCUT2D eigenvalue weighted by molar-refractivity contribution is 8.02. The summed E-state index contributed by atoms with van der Waals surface area (Å²) < 4.78 is 0. The minimum absolute atomic E-state index is 0.256. The molecule has 0 saturated carbocycles. The quantitative estimate of drug-likeness (QED) is 0.713. The van der Waals surface area contributed by atoms with Crippen LogP contribution in [0.4, 0.5) is 0 Å². The molecule has 12 heavy (non-hydrogen) atoms. The molecule has 0 aromatic carbocycles. The Morgan fingerprint density at radius 2 is 2.42 bits per heavy atom. The molecule has 66 valence electrons. The third-order valence-corrected chi connectivity index (χ3v) is 2.37. The minimum atomic E-state index is -0.909. The highest BCUT2D eigenvalue weighted by Crippen LogP contribution is 2.21. The summed E-state index contributed by atoms with van der Waals surface area (Å²) in [5, 5.41) is 10.6. The molecule has 0 amide bonds. The Morgan fingerprint density at radius 3 is 2.92 bits per heavy atom. The highest BCUT2D eigenvalue weighted by atomic mass is 32.2. The first-order valence-corrected chi connectivity index (χ1v) is 4.78. The van der Waals surface area contributed by atoms with Gasteiger partial charge in [-0.05, 0) is 11.3 Å². The first kappa shape index (κ1) is 9.32. The van der Waals surface area contributed by atoms with Gasteiger partial charge in [-0.25, -0.2) is 9.79 Å². The molecule has 0 saturated heterocycles. The van der Waals surface area contributed by atoms with Crippen LogP contribution in [-0.2, 0) is 4.79 Å². The van der Waals surface area contributed by atoms with E-state index in [-0.39, 0.29) is 5.71 Å². The van der Waals surface area contributed by atoms with Gasteiger partial charge >= 0.3 is 5.97 Å². The molecule has 1 aliphatic rings. The van der Waals surface area contributed by atoms with Crippen LogP contribution >= 0.6 is 11.8 Å². The number of carboxylic acids is 1. The van der Waals surface area contributed by atoms with Gasteiger partial charge < -0.3 is 5.11 Å². The van der Waals surface area contributed by atoms with E-state index in [9.17, 15) is 4.79 Å². The Bertz CT molecular complexity index is 256. The monoisotopic (exact) mass is 185 g/mol. The molecule has 1 N–H and O–H groups in total. The van der Waals surface area contributed by atoms with Gasteiger partial charge in [0.2, 0.25) is 0 Å². The molecule has 1 heterocycles. The van der Waals surface area contributed by atoms with E-state index in [1.54, 1.807) is 0 Å². The maximum absolute atomic E-state index is 10.6. The van der Waals surface area contributed by atoms with Gasteiger partial charge in [0.15, 0.2) is 0 Å². The van der Waals surface area contributed by atoms with Gasteiger partial charge in [0.05, 0.1) is 0 Å². The average molecular weight is 185 g/mol. The lowest BCUT2D eigenvalue weighted by Gasteiger charge is -2.11. The van der Waals surface area contributed by atoms with Crippen LogP contribution in [0.1, 0.15) is 13.8 Å². The van der Waals surface area contributed by atoms with Crippen LogP contribution < -0.4 is 0 Å². The number of carboxylic acid groups (broad SMARTS) is 1. The van der Waals surface area contributed by atoms with E-state index in [0.717, 1.165) is 5.70 Å². The van der Waals surface area contributed by atoms with Crippen molar-refractivity contribution in [1.29, 1.82) is 0 Å². The van der Waals surface area contributed by atoms with Crippen LogP contribution in [0.15, 0.2) is 16.1 Å². The van der Waals surface area contributed by atoms with E-state index in [0.29, 0.717) is 11.7 Å². The molecule has 4 heteroatoms. The molecule has 0 aromatic heterocycles. The van der Waals surface area contributed by atoms with Crippen molar-refractivity contribution in [3.63, 3.8) is 0 Å². The number of hydrogen-bond acceptors (Lipinski definition) is 3. The van der Waals surface area contributed by atoms with Gasteiger partial charge in [-0.1, -0.05) is 13.8 Å². The number of rotatable bonds is 2. The molecule has 1 rings (SSSR count). The zero-order valence-electron chi connectivity index (χ0n) is 7.07. The van der Waals surface area contributed by atoms with Crippen molar-refractivity contribution in [1.82, 2.24) is 0 Å². The Kier molecular flexibility index (Phi) is 2.92. The van der Waals surface area contributed by atoms with E-state index in [1.807, 2.05) is 19.3 Å². The summed E-state index contributed by atoms with van der Waals surface area (Å²) in [7, 11) is 0. The molecule has 0 aromatic rings. The van der Waals surface area contributed by atoms with Crippen LogP contribution in [-0.4, -0.2) is 22.5 Å². The third kappa shape index (κ3) is 2.11. The topological polar surface area (TPSA) is 49.7 Å². The van der Waals surface area contributed by atoms with Crippen LogP contribution in [0.3, 0.4) is 0 Å². The van der Waals surface area contributed by atoms with Crippen LogP contribution in [0.2, 0.25) is 0 Å². The van der Waals surface area contributed by atoms with Gasteiger partial charge in [-0.15, -0.1) is 11.8 Å². The predicted octanol–water partition coefficient (Wildman–Crippen LogP) is 1.76. The second-order valence-corrected chi connectivity index (χ2v) is 3.73. The lowest BCUT2D eigenvalue weighted by atomic mass is 10.1. The summed E-state index contributed by atoms with van der Waals surface area (Å²) in [6.45, 7) is 4.00. The number of aliphatic imine (C=N–C) groups is 1. The highest BCUT2D eigenvalue weighted by Gasteiger charge is 2.15. The Hall–Kier alpha value is -0.770. The smallest absolute Gasteiger partial charge is 0.351 e. The van der Waals surface area contributed by atoms with Gasteiger partial charge in [0, 0.05) is 11.4 Å². The normalized spacial score (nSPS) is 17.2. The van der Waals surface area contributed by atoms with Crippen molar-refractivity contribution < 1.29 is 9.90 Å². The summed E-state index contributed by atoms with van der Waals surface area (Å²) in [5.74, 6) is -0.133. The average Bonchev–Trinajstić information content (AvgIpc) is 2.04. The first-order chi connectivity index (χ1) is 5.61. The van der Waals surface area contributed by atoms with E-state index >= 15 is 0 Å². The minimum Gasteiger partial charge on any atom is -0.477 e. The number of thioether (sulfide) groups is 1. The zero-order chi connectivity index (χ0) is 9.14. The first-order valence-electron chi connectivity index (χ1n) is 3.73. The van der Waals surface area contributed by atoms with E-state index in [4.69, 9.17) is 5.11 Å². The summed E-state index contributed by atoms with van der Waals surface area (Å²) in [5.41, 5.74) is 1.12. The maximum Gasteiger partial charge on any atom is 0.351 e. The van der Waals surface area contributed by atoms with E-state index in [2.05, 4.69) is 4.99 Å². The molecule has 3 nitrogen and oxygen atoms in total. The van der Waals surface area contributed by atoms with Crippen molar-refractivity contribution in [3.05, 3.63) is 11.1 Å². The maximum atomic E-state index is 10.6. The van der Waals surface area contributed by atoms with Crippen molar-refractivity contribution in [2.24, 2.45) is 10.9 Å². The fourth-order valence-electron chi connectivity index (χ4n) is 0.795. The second kappa shape index (κ2) is 3.76. The molecule has 0 unspecified atom stereocenters. The molecule has 0 bridgehead atoms. The molecule has 0 aliphatic carbocycles. The van der Waals surface area contributed by atoms with Gasteiger partial charge in [0.25, 0.3) is 0 Å². The predicted molar refractivity (Wildman–Crippen MR) is 50.4 cm³/mol. The number of aliphatic carboxylic acids is 1. The fraction of sp³-hybridized carbons (Fsp3) is 0.500. The molecular weight excluding hydrogens is 174 g/mol. The van der Waals surface area contributed by atoms with Crippen molar-refractivity contribution >= 4 is 23.4 Å². The number of hydrogen-bond donors (Lipinski definition) is 1. The van der Waals surface area contributed by atoms with Crippen molar-refractivity contribution in [2.75, 3.05) is 5.75 Å². The second-order valence-electron chi connectivity index (χ2n) is 2.87. The molecule has 1 aliphatic heterocycles. The van der Waals surface area contributed by atoms with Gasteiger partial charge in [-0.3, -0.25) is 0 Å². The summed E-state index contributed by atoms with van der Waals surface area (Å²) in [4.78, 5) is 14.6. The molecule has 0 spiro atoms. The lowest BCUT2D eigenvalue weighted by Crippen LogP contribution is -2.18. The Balaban J connectivity index is 2.81. The Labute approximate surface area is 75.6 Å². The SMILES string of the molecule is CC(C)C1=CSCC(C(=O)O)=N1. The summed E-state index contributed by atoms with van der Waals surface area (Å²) in [6.07, 6.45) is 0. The van der Waals surface area contributed by atoms with Crippen LogP contribution in [0, 0.1) is 5.92 Å². The largest absolute Gasteiger partial charge is 0.477 e. The fourth-order valence-corrected chi connectivity index (χ4v) is 1.72.